The number of hydrogen-bond donors (Lipinski definition) is 1. The molecule has 3 saturated carbocycles. The maximum absolute atomic E-state index is 13.5. The number of hydrogen-bond acceptors (Lipinski definition) is 3. The van der Waals surface area contributed by atoms with E-state index in [0.29, 0.717) is 23.5 Å². The second kappa shape index (κ2) is 6.41. The van der Waals surface area contributed by atoms with Gasteiger partial charge in [0, 0.05) is 23.7 Å². The third-order valence-corrected chi connectivity index (χ3v) is 9.32. The van der Waals surface area contributed by atoms with E-state index in [2.05, 4.69) is 38.0 Å². The predicted molar refractivity (Wildman–Crippen MR) is 114 cm³/mol. The molecule has 0 aromatic carbocycles. The largest absolute Gasteiger partial charge is 0.393 e. The molecule has 0 amide bonds. The van der Waals surface area contributed by atoms with Gasteiger partial charge in [-0.25, -0.2) is 0 Å². The zero-order valence-corrected chi connectivity index (χ0v) is 18.2. The molecule has 0 unspecified atom stereocenters. The Kier molecular flexibility index (Phi) is 4.26. The number of fused-ring (bicyclic) bond motifs is 5. The van der Waals surface area contributed by atoms with E-state index in [-0.39, 0.29) is 16.9 Å². The average molecular weight is 395 g/mol. The van der Waals surface area contributed by atoms with Crippen molar-refractivity contribution in [1.82, 2.24) is 9.78 Å². The number of aromatic nitrogens is 2. The minimum Gasteiger partial charge on any atom is -0.393 e. The van der Waals surface area contributed by atoms with E-state index in [9.17, 15) is 9.90 Å². The molecule has 1 aromatic rings. The number of nitrogens with zero attached hydrogens (tertiary/aromatic N) is 2. The summed E-state index contributed by atoms with van der Waals surface area (Å²) in [6, 6.07) is 0. The Balaban J connectivity index is 1.49. The smallest absolute Gasteiger partial charge is 0.165 e. The van der Waals surface area contributed by atoms with Crippen LogP contribution >= 0.6 is 0 Å². The van der Waals surface area contributed by atoms with Gasteiger partial charge >= 0.3 is 0 Å². The molecule has 0 bridgehead atoms. The molecular formula is C25H34N2O2. The molecule has 1 heterocycles. The highest BCUT2D eigenvalue weighted by molar-refractivity contribution is 6.06. The summed E-state index contributed by atoms with van der Waals surface area (Å²) in [7, 11) is 1.95. The van der Waals surface area contributed by atoms with Gasteiger partial charge in [-0.05, 0) is 86.7 Å². The lowest BCUT2D eigenvalue weighted by molar-refractivity contribution is -0.130. The maximum atomic E-state index is 13.5. The topological polar surface area (TPSA) is 55.1 Å². The van der Waals surface area contributed by atoms with Crippen LogP contribution in [0.15, 0.2) is 23.4 Å². The molecule has 5 rings (SSSR count). The van der Waals surface area contributed by atoms with Gasteiger partial charge in [-0.15, -0.1) is 0 Å². The first kappa shape index (κ1) is 19.3. The Morgan fingerprint density at radius 1 is 1.17 bits per heavy atom. The van der Waals surface area contributed by atoms with Crippen LogP contribution in [0.3, 0.4) is 0 Å². The summed E-state index contributed by atoms with van der Waals surface area (Å²) in [6.07, 6.45) is 13.3. The van der Waals surface area contributed by atoms with Crippen LogP contribution < -0.4 is 0 Å². The van der Waals surface area contributed by atoms with Crippen LogP contribution in [0, 0.1) is 35.5 Å². The van der Waals surface area contributed by atoms with E-state index < -0.39 is 0 Å². The number of ketones is 1. The minimum absolute atomic E-state index is 0.162. The van der Waals surface area contributed by atoms with E-state index in [0.717, 1.165) is 61.8 Å². The summed E-state index contributed by atoms with van der Waals surface area (Å²) in [5.74, 6) is 2.06. The Morgan fingerprint density at radius 3 is 2.66 bits per heavy atom. The van der Waals surface area contributed by atoms with Crippen LogP contribution in [-0.2, 0) is 11.8 Å². The van der Waals surface area contributed by atoms with E-state index in [1.54, 1.807) is 0 Å². The number of Topliss-reactive ketones (excluding diaryl/α,β-unsaturated/α-hetero) is 1. The van der Waals surface area contributed by atoms with Crippen molar-refractivity contribution in [2.75, 3.05) is 0 Å². The molecule has 0 spiro atoms. The quantitative estimate of drug-likeness (QED) is 0.559. The molecule has 3 fully saturated rings. The van der Waals surface area contributed by atoms with Gasteiger partial charge in [-0.2, -0.15) is 5.10 Å². The average Bonchev–Trinajstić information content (AvgIpc) is 3.14. The molecule has 0 saturated heterocycles. The minimum atomic E-state index is -0.209. The van der Waals surface area contributed by atoms with Crippen LogP contribution in [0.1, 0.15) is 70.1 Å². The maximum Gasteiger partial charge on any atom is 0.165 e. The number of aryl methyl sites for hydroxylation is 1. The lowest BCUT2D eigenvalue weighted by Crippen LogP contribution is -2.50. The summed E-state index contributed by atoms with van der Waals surface area (Å²) in [4.78, 5) is 13.5. The van der Waals surface area contributed by atoms with Crippen molar-refractivity contribution in [2.45, 2.75) is 71.8 Å². The number of carbonyl (C=O) groups excluding carboxylic acids is 1. The lowest BCUT2D eigenvalue weighted by atomic mass is 9.48. The summed E-state index contributed by atoms with van der Waals surface area (Å²) in [6.45, 7) is 6.74. The van der Waals surface area contributed by atoms with Crippen molar-refractivity contribution in [3.05, 3.63) is 34.7 Å². The highest BCUT2D eigenvalue weighted by Gasteiger charge is 2.59. The molecular weight excluding hydrogens is 360 g/mol. The van der Waals surface area contributed by atoms with Gasteiger partial charge in [0.15, 0.2) is 5.78 Å². The van der Waals surface area contributed by atoms with E-state index >= 15 is 0 Å². The zero-order chi connectivity index (χ0) is 20.6. The van der Waals surface area contributed by atoms with Gasteiger partial charge in [-0.3, -0.25) is 9.48 Å². The molecule has 29 heavy (non-hydrogen) atoms. The number of aliphatic hydroxyl groups is 1. The van der Waals surface area contributed by atoms with Crippen LogP contribution in [-0.4, -0.2) is 26.8 Å². The van der Waals surface area contributed by atoms with Crippen LogP contribution in [0.4, 0.5) is 0 Å². The third kappa shape index (κ3) is 2.67. The fourth-order valence-corrected chi connectivity index (χ4v) is 7.29. The number of aliphatic hydroxyl groups excluding tert-OH is 1. The second-order valence-electron chi connectivity index (χ2n) is 10.6. The van der Waals surface area contributed by atoms with Gasteiger partial charge < -0.3 is 5.11 Å². The second-order valence-corrected chi connectivity index (χ2v) is 10.6. The van der Waals surface area contributed by atoms with Gasteiger partial charge in [0.05, 0.1) is 12.3 Å². The molecule has 6 atom stereocenters. The normalized spacial score (nSPS) is 43.0. The van der Waals surface area contributed by atoms with Crippen LogP contribution in [0.2, 0.25) is 0 Å². The molecule has 4 aliphatic rings. The molecule has 4 nitrogen and oxygen atoms in total. The molecule has 0 radical (unpaired) electrons. The first-order valence-electron chi connectivity index (χ1n) is 11.4. The Hall–Kier alpha value is -1.68. The summed E-state index contributed by atoms with van der Waals surface area (Å²) in [5.41, 5.74) is 4.70. The van der Waals surface area contributed by atoms with Crippen molar-refractivity contribution in [3.63, 3.8) is 0 Å². The molecule has 0 aliphatic heterocycles. The van der Waals surface area contributed by atoms with E-state index in [1.165, 1.54) is 5.57 Å². The van der Waals surface area contributed by atoms with Crippen molar-refractivity contribution in [2.24, 2.45) is 35.6 Å². The van der Waals surface area contributed by atoms with Crippen molar-refractivity contribution < 1.29 is 9.90 Å². The molecule has 4 aliphatic carbocycles. The lowest BCUT2D eigenvalue weighted by Gasteiger charge is -2.56. The van der Waals surface area contributed by atoms with E-state index in [4.69, 9.17) is 0 Å². The first-order valence-corrected chi connectivity index (χ1v) is 11.4. The van der Waals surface area contributed by atoms with Gasteiger partial charge in [0.2, 0.25) is 0 Å². The molecule has 156 valence electrons. The SMILES string of the molecule is Cc1c(/C=C2\C[C@@H]3[C@H]4CC=C5C[C@@H](O)CC[C@]5(C)[C@@H]4CC[C@@]3(C)C2=O)cnn1C. The van der Waals surface area contributed by atoms with Gasteiger partial charge in [0.1, 0.15) is 0 Å². The van der Waals surface area contributed by atoms with Crippen molar-refractivity contribution >= 4 is 11.9 Å². The standard InChI is InChI=1S/C25H34N2O2/c1-15-17(14-26-27(15)4)11-16-12-22-20-6-5-18-13-19(28)7-9-24(18,2)21(20)8-10-25(22,3)23(16)29/h5,11,14,19-22,28H,6-10,12-13H2,1-4H3/b16-11+/t19-,20-,21+,22+,24-,25+/m0/s1. The Morgan fingerprint density at radius 2 is 1.93 bits per heavy atom. The Labute approximate surface area is 174 Å². The highest BCUT2D eigenvalue weighted by Crippen LogP contribution is 2.64. The first-order chi connectivity index (χ1) is 13.7. The summed E-state index contributed by atoms with van der Waals surface area (Å²) in [5, 5.41) is 14.5. The monoisotopic (exact) mass is 394 g/mol. The van der Waals surface area contributed by atoms with Crippen molar-refractivity contribution in [3.8, 4) is 0 Å². The fraction of sp³-hybridized carbons (Fsp3) is 0.680. The van der Waals surface area contributed by atoms with Gasteiger partial charge in [0.25, 0.3) is 0 Å². The number of rotatable bonds is 1. The van der Waals surface area contributed by atoms with Gasteiger partial charge in [-0.1, -0.05) is 25.5 Å². The number of carbonyl (C=O) groups is 1. The highest BCUT2D eigenvalue weighted by atomic mass is 16.3. The summed E-state index contributed by atoms with van der Waals surface area (Å²) < 4.78 is 1.88. The zero-order valence-electron chi connectivity index (χ0n) is 18.2. The fourth-order valence-electron chi connectivity index (χ4n) is 7.29. The van der Waals surface area contributed by atoms with Crippen LogP contribution in [0.25, 0.3) is 6.08 Å². The van der Waals surface area contributed by atoms with Crippen LogP contribution in [0.5, 0.6) is 0 Å². The van der Waals surface area contributed by atoms with E-state index in [1.807, 2.05) is 17.9 Å². The molecule has 4 heteroatoms. The molecule has 1 aromatic heterocycles. The van der Waals surface area contributed by atoms with Crippen molar-refractivity contribution in [1.29, 1.82) is 0 Å². The Bertz CT molecular complexity index is 925. The number of allylic oxidation sites excluding steroid dienone is 2. The summed E-state index contributed by atoms with van der Waals surface area (Å²) >= 11 is 0. The third-order valence-electron chi connectivity index (χ3n) is 9.32. The molecule has 1 N–H and O–H groups in total. The predicted octanol–water partition coefficient (Wildman–Crippen LogP) is 4.61.